The predicted molar refractivity (Wildman–Crippen MR) is 63.8 cm³/mol. The second kappa shape index (κ2) is 5.26. The molecule has 0 spiro atoms. The van der Waals surface area contributed by atoms with Crippen LogP contribution in [-0.4, -0.2) is 23.8 Å². The molecule has 0 heterocycles. The Bertz CT molecular complexity index is 362. The highest BCUT2D eigenvalue weighted by molar-refractivity contribution is 9.10. The van der Waals surface area contributed by atoms with E-state index in [2.05, 4.69) is 15.9 Å². The van der Waals surface area contributed by atoms with Crippen LogP contribution >= 0.6 is 15.9 Å². The molecule has 1 aromatic rings. The summed E-state index contributed by atoms with van der Waals surface area (Å²) < 4.78 is 13.8. The van der Waals surface area contributed by atoms with Crippen LogP contribution in [0.1, 0.15) is 19.4 Å². The van der Waals surface area contributed by atoms with Gasteiger partial charge in [0.1, 0.15) is 11.7 Å². The van der Waals surface area contributed by atoms with Crippen molar-refractivity contribution >= 4 is 21.8 Å². The predicted octanol–water partition coefficient (Wildman–Crippen LogP) is 3.26. The van der Waals surface area contributed by atoms with Gasteiger partial charge < -0.3 is 4.90 Å². The third-order valence-electron chi connectivity index (χ3n) is 2.26. The Hall–Kier alpha value is -0.900. The highest BCUT2D eigenvalue weighted by Gasteiger charge is 2.12. The normalized spacial score (nSPS) is 10.1. The van der Waals surface area contributed by atoms with Crippen molar-refractivity contribution in [1.82, 2.24) is 4.90 Å². The topological polar surface area (TPSA) is 27.1 Å². The first-order valence-corrected chi connectivity index (χ1v) is 5.68. The van der Waals surface area contributed by atoms with E-state index >= 15 is 0 Å². The minimum Gasteiger partial charge on any atom is -0.357 e. The zero-order valence-electron chi connectivity index (χ0n) is 8.85. The van der Waals surface area contributed by atoms with Crippen LogP contribution in [0.25, 0.3) is 0 Å². The van der Waals surface area contributed by atoms with Crippen molar-refractivity contribution in [2.75, 3.05) is 13.1 Å². The number of hydrogen-bond acceptors (Lipinski definition) is 1. The van der Waals surface area contributed by atoms with Gasteiger partial charge in [0.15, 0.2) is 0 Å². The zero-order chi connectivity index (χ0) is 11.4. The maximum Gasteiger partial charge on any atom is 0.129 e. The lowest BCUT2D eigenvalue weighted by molar-refractivity contribution is 0.463. The summed E-state index contributed by atoms with van der Waals surface area (Å²) in [5.74, 6) is 0.0384. The smallest absolute Gasteiger partial charge is 0.129 e. The minimum absolute atomic E-state index is 0.315. The van der Waals surface area contributed by atoms with E-state index in [1.54, 1.807) is 6.07 Å². The molecule has 2 nitrogen and oxygen atoms in total. The van der Waals surface area contributed by atoms with Crippen molar-refractivity contribution in [1.29, 1.82) is 5.41 Å². The number of nitrogens with zero attached hydrogens (tertiary/aromatic N) is 1. The molecular weight excluding hydrogens is 259 g/mol. The van der Waals surface area contributed by atoms with E-state index in [4.69, 9.17) is 5.41 Å². The Balaban J connectivity index is 3.04. The average Bonchev–Trinajstić information content (AvgIpc) is 2.23. The number of hydrogen-bond donors (Lipinski definition) is 1. The molecule has 0 atom stereocenters. The third kappa shape index (κ3) is 2.78. The summed E-state index contributed by atoms with van der Waals surface area (Å²) in [6.45, 7) is 5.45. The summed E-state index contributed by atoms with van der Waals surface area (Å²) >= 11 is 3.32. The molecule has 4 heteroatoms. The third-order valence-corrected chi connectivity index (χ3v) is 2.95. The van der Waals surface area contributed by atoms with E-state index in [0.29, 0.717) is 11.4 Å². The standard InChI is InChI=1S/C11H14BrFN2/c1-3-15(4-2)11(14)9-7-8(13)5-6-10(9)12/h5-7,14H,3-4H2,1-2H3. The Morgan fingerprint density at radius 2 is 2.00 bits per heavy atom. The molecule has 1 N–H and O–H groups in total. The summed E-state index contributed by atoms with van der Waals surface area (Å²) in [5, 5.41) is 7.95. The minimum atomic E-state index is -0.315. The Kier molecular flexibility index (Phi) is 4.27. The molecule has 0 fully saturated rings. The molecule has 1 aromatic carbocycles. The molecule has 0 aromatic heterocycles. The summed E-state index contributed by atoms with van der Waals surface area (Å²) in [6.07, 6.45) is 0. The van der Waals surface area contributed by atoms with Gasteiger partial charge in [-0.15, -0.1) is 0 Å². The molecule has 0 aliphatic carbocycles. The van der Waals surface area contributed by atoms with Gasteiger partial charge in [-0.25, -0.2) is 4.39 Å². The SMILES string of the molecule is CCN(CC)C(=N)c1cc(F)ccc1Br. The molecule has 0 amide bonds. The maximum absolute atomic E-state index is 13.0. The Morgan fingerprint density at radius 1 is 1.40 bits per heavy atom. The fourth-order valence-corrected chi connectivity index (χ4v) is 1.82. The van der Waals surface area contributed by atoms with Crippen molar-refractivity contribution in [3.05, 3.63) is 34.1 Å². The van der Waals surface area contributed by atoms with Crippen LogP contribution in [-0.2, 0) is 0 Å². The summed E-state index contributed by atoms with van der Waals surface area (Å²) in [5.41, 5.74) is 0.596. The van der Waals surface area contributed by atoms with Gasteiger partial charge in [0.2, 0.25) is 0 Å². The van der Waals surface area contributed by atoms with Crippen LogP contribution in [0.3, 0.4) is 0 Å². The molecule has 0 aliphatic rings. The fraction of sp³-hybridized carbons (Fsp3) is 0.364. The molecule has 0 unspecified atom stereocenters. The second-order valence-electron chi connectivity index (χ2n) is 3.15. The maximum atomic E-state index is 13.0. The number of halogens is 2. The Morgan fingerprint density at radius 3 is 2.53 bits per heavy atom. The van der Waals surface area contributed by atoms with Crippen molar-refractivity contribution in [3.63, 3.8) is 0 Å². The first-order valence-electron chi connectivity index (χ1n) is 4.89. The van der Waals surface area contributed by atoms with Crippen molar-refractivity contribution in [3.8, 4) is 0 Å². The van der Waals surface area contributed by atoms with E-state index in [9.17, 15) is 4.39 Å². The van der Waals surface area contributed by atoms with Crippen LogP contribution in [0.15, 0.2) is 22.7 Å². The van der Waals surface area contributed by atoms with E-state index in [0.717, 1.165) is 17.6 Å². The fourth-order valence-electron chi connectivity index (χ4n) is 1.39. The zero-order valence-corrected chi connectivity index (χ0v) is 10.4. The van der Waals surface area contributed by atoms with Gasteiger partial charge in [-0.3, -0.25) is 5.41 Å². The van der Waals surface area contributed by atoms with Gasteiger partial charge in [-0.05, 0) is 32.0 Å². The monoisotopic (exact) mass is 272 g/mol. The van der Waals surface area contributed by atoms with Crippen LogP contribution in [0.4, 0.5) is 4.39 Å². The highest BCUT2D eigenvalue weighted by Crippen LogP contribution is 2.19. The molecule has 0 bridgehead atoms. The molecule has 0 saturated carbocycles. The van der Waals surface area contributed by atoms with E-state index in [-0.39, 0.29) is 5.82 Å². The lowest BCUT2D eigenvalue weighted by Crippen LogP contribution is -2.30. The molecule has 1 rings (SSSR count). The van der Waals surface area contributed by atoms with Gasteiger partial charge >= 0.3 is 0 Å². The molecule has 0 aliphatic heterocycles. The van der Waals surface area contributed by atoms with Crippen LogP contribution in [0.5, 0.6) is 0 Å². The van der Waals surface area contributed by atoms with Crippen LogP contribution < -0.4 is 0 Å². The molecular formula is C11H14BrFN2. The number of benzene rings is 1. The number of nitrogens with one attached hydrogen (secondary N) is 1. The van der Waals surface area contributed by atoms with Crippen molar-refractivity contribution < 1.29 is 4.39 Å². The van der Waals surface area contributed by atoms with E-state index in [1.165, 1.54) is 12.1 Å². The summed E-state index contributed by atoms with van der Waals surface area (Å²) in [4.78, 5) is 1.87. The average molecular weight is 273 g/mol. The molecule has 0 radical (unpaired) electrons. The first kappa shape index (κ1) is 12.2. The molecule has 82 valence electrons. The van der Waals surface area contributed by atoms with Crippen LogP contribution in [0.2, 0.25) is 0 Å². The van der Waals surface area contributed by atoms with Gasteiger partial charge in [0.25, 0.3) is 0 Å². The van der Waals surface area contributed by atoms with Gasteiger partial charge in [0, 0.05) is 23.1 Å². The van der Waals surface area contributed by atoms with E-state index in [1.807, 2.05) is 18.7 Å². The first-order chi connectivity index (χ1) is 7.10. The number of rotatable bonds is 3. The summed E-state index contributed by atoms with van der Waals surface area (Å²) in [7, 11) is 0. The van der Waals surface area contributed by atoms with Crippen molar-refractivity contribution in [2.24, 2.45) is 0 Å². The van der Waals surface area contributed by atoms with Crippen molar-refractivity contribution in [2.45, 2.75) is 13.8 Å². The highest BCUT2D eigenvalue weighted by atomic mass is 79.9. The summed E-state index contributed by atoms with van der Waals surface area (Å²) in [6, 6.07) is 4.39. The Labute approximate surface area is 97.7 Å². The largest absolute Gasteiger partial charge is 0.357 e. The van der Waals surface area contributed by atoms with E-state index < -0.39 is 0 Å². The number of amidine groups is 1. The molecule has 15 heavy (non-hydrogen) atoms. The van der Waals surface area contributed by atoms with Crippen LogP contribution in [0, 0.1) is 11.2 Å². The van der Waals surface area contributed by atoms with Gasteiger partial charge in [-0.1, -0.05) is 15.9 Å². The van der Waals surface area contributed by atoms with Gasteiger partial charge in [0.05, 0.1) is 0 Å². The second-order valence-corrected chi connectivity index (χ2v) is 4.00. The van der Waals surface area contributed by atoms with Gasteiger partial charge in [-0.2, -0.15) is 0 Å². The lowest BCUT2D eigenvalue weighted by Gasteiger charge is -2.22. The molecule has 0 saturated heterocycles. The lowest BCUT2D eigenvalue weighted by atomic mass is 10.2. The quantitative estimate of drug-likeness (QED) is 0.664.